The van der Waals surface area contributed by atoms with E-state index in [1.54, 1.807) is 0 Å². The molecule has 2 atom stereocenters. The quantitative estimate of drug-likeness (QED) is 0.166. The number of benzene rings is 8. The number of hydrogen-bond acceptors (Lipinski definition) is 2. The van der Waals surface area contributed by atoms with Crippen molar-refractivity contribution in [2.45, 2.75) is 37.5 Å². The smallest absolute Gasteiger partial charge is 0.136 e. The monoisotopic (exact) mass is 882 g/mol. The van der Waals surface area contributed by atoms with Gasteiger partial charge in [-0.2, -0.15) is 0 Å². The van der Waals surface area contributed by atoms with Crippen molar-refractivity contribution < 1.29 is 4.42 Å². The topological polar surface area (TPSA) is 20.8 Å². The highest BCUT2D eigenvalue weighted by atomic mass is 16.3. The Balaban J connectivity index is 0.809. The molecule has 15 rings (SSSR count). The Labute approximate surface area is 400 Å². The normalized spacial score (nSPS) is 17.7. The number of rotatable bonds is 6. The number of para-hydroxylation sites is 3. The number of aromatic nitrogens is 1. The van der Waals surface area contributed by atoms with Crippen LogP contribution in [-0.2, 0) is 0 Å². The summed E-state index contributed by atoms with van der Waals surface area (Å²) in [6, 6.07) is 65.0. The van der Waals surface area contributed by atoms with Gasteiger partial charge in [-0.25, -0.2) is 0 Å². The van der Waals surface area contributed by atoms with Crippen LogP contribution in [0.15, 0.2) is 251 Å². The van der Waals surface area contributed by atoms with E-state index in [4.69, 9.17) is 4.42 Å². The molecule has 11 aromatic rings. The first-order valence-corrected chi connectivity index (χ1v) is 24.6. The summed E-state index contributed by atoms with van der Waals surface area (Å²) in [7, 11) is 0. The number of nitrogens with zero attached hydrogens (tertiary/aromatic N) is 2. The van der Waals surface area contributed by atoms with Crippen LogP contribution in [0.25, 0.3) is 82.3 Å². The van der Waals surface area contributed by atoms with Crippen LogP contribution in [0.3, 0.4) is 0 Å². The first-order chi connectivity index (χ1) is 34.2. The highest BCUT2D eigenvalue weighted by Gasteiger charge is 2.36. The molecule has 3 heteroatoms. The molecule has 3 heterocycles. The van der Waals surface area contributed by atoms with Gasteiger partial charge in [0, 0.05) is 61.2 Å². The summed E-state index contributed by atoms with van der Waals surface area (Å²) in [5.74, 6) is 0.862. The number of anilines is 2. The highest BCUT2D eigenvalue weighted by Crippen LogP contribution is 2.53. The summed E-state index contributed by atoms with van der Waals surface area (Å²) in [5.41, 5.74) is 22.9. The minimum Gasteiger partial charge on any atom is -0.456 e. The van der Waals surface area contributed by atoms with Crippen LogP contribution in [0, 0.1) is 0 Å². The Morgan fingerprint density at radius 3 is 1.74 bits per heavy atom. The predicted molar refractivity (Wildman–Crippen MR) is 288 cm³/mol. The number of allylic oxidation sites excluding steroid dienone is 12. The van der Waals surface area contributed by atoms with Crippen LogP contribution in [0.1, 0.15) is 48.6 Å². The summed E-state index contributed by atoms with van der Waals surface area (Å²) in [5, 5.41) is 7.49. The molecule has 0 fully saturated rings. The molecule has 4 aliphatic rings. The van der Waals surface area contributed by atoms with Crippen molar-refractivity contribution in [1.82, 2.24) is 4.40 Å². The van der Waals surface area contributed by atoms with Crippen LogP contribution in [0.4, 0.5) is 11.4 Å². The zero-order valence-electron chi connectivity index (χ0n) is 38.1. The second-order valence-corrected chi connectivity index (χ2v) is 19.4. The molecule has 8 aromatic carbocycles. The maximum atomic E-state index is 6.30. The zero-order valence-corrected chi connectivity index (χ0v) is 38.1. The molecule has 0 spiro atoms. The summed E-state index contributed by atoms with van der Waals surface area (Å²) >= 11 is 0. The molecule has 0 N–H and O–H groups in total. The Morgan fingerprint density at radius 1 is 0.435 bits per heavy atom. The van der Waals surface area contributed by atoms with Crippen molar-refractivity contribution in [1.29, 1.82) is 0 Å². The summed E-state index contributed by atoms with van der Waals surface area (Å²) in [4.78, 5) is 2.48. The van der Waals surface area contributed by atoms with Gasteiger partial charge in [-0.05, 0) is 154 Å². The summed E-state index contributed by atoms with van der Waals surface area (Å²) in [6.45, 7) is 0. The minimum atomic E-state index is 0.395. The molecule has 3 aromatic heterocycles. The largest absolute Gasteiger partial charge is 0.456 e. The molecule has 0 saturated heterocycles. The van der Waals surface area contributed by atoms with E-state index in [9.17, 15) is 0 Å². The molecular formula is C66H46N2O. The van der Waals surface area contributed by atoms with Crippen molar-refractivity contribution in [2.75, 3.05) is 4.90 Å². The van der Waals surface area contributed by atoms with E-state index in [0.29, 0.717) is 11.8 Å². The molecule has 2 unspecified atom stereocenters. The van der Waals surface area contributed by atoms with E-state index in [2.05, 4.69) is 216 Å². The first kappa shape index (κ1) is 38.7. The number of furan rings is 1. The number of hydrogen-bond donors (Lipinski definition) is 0. The van der Waals surface area contributed by atoms with E-state index in [1.165, 1.54) is 88.3 Å². The minimum absolute atomic E-state index is 0.395. The third kappa shape index (κ3) is 5.93. The summed E-state index contributed by atoms with van der Waals surface area (Å²) < 4.78 is 8.76. The lowest BCUT2D eigenvalue weighted by atomic mass is 9.65. The Morgan fingerprint density at radius 2 is 1.03 bits per heavy atom. The average Bonchev–Trinajstić information content (AvgIpc) is 4.08. The molecule has 0 saturated carbocycles. The van der Waals surface area contributed by atoms with Crippen LogP contribution in [0.2, 0.25) is 0 Å². The molecule has 0 bridgehead atoms. The molecule has 0 aliphatic heterocycles. The lowest BCUT2D eigenvalue weighted by Gasteiger charge is -2.39. The van der Waals surface area contributed by atoms with E-state index in [0.717, 1.165) is 70.1 Å². The van der Waals surface area contributed by atoms with Gasteiger partial charge in [0.15, 0.2) is 0 Å². The third-order valence-corrected chi connectivity index (χ3v) is 15.8. The highest BCUT2D eigenvalue weighted by molar-refractivity contribution is 6.24. The molecule has 0 radical (unpaired) electrons. The van der Waals surface area contributed by atoms with E-state index >= 15 is 0 Å². The van der Waals surface area contributed by atoms with Crippen LogP contribution in [0.5, 0.6) is 0 Å². The Bertz CT molecular complexity index is 4040. The fraction of sp³-hybridized carbons (Fsp3) is 0.0909. The van der Waals surface area contributed by atoms with Crippen molar-refractivity contribution in [2.24, 2.45) is 0 Å². The van der Waals surface area contributed by atoms with Gasteiger partial charge in [-0.1, -0.05) is 146 Å². The third-order valence-electron chi connectivity index (χ3n) is 15.8. The maximum Gasteiger partial charge on any atom is 0.136 e. The van der Waals surface area contributed by atoms with Gasteiger partial charge in [0.25, 0.3) is 0 Å². The average molecular weight is 883 g/mol. The summed E-state index contributed by atoms with van der Waals surface area (Å²) in [6.07, 6.45) is 20.7. The fourth-order valence-corrected chi connectivity index (χ4v) is 12.6. The van der Waals surface area contributed by atoms with Gasteiger partial charge < -0.3 is 13.7 Å². The van der Waals surface area contributed by atoms with E-state index in [-0.39, 0.29) is 0 Å². The fourth-order valence-electron chi connectivity index (χ4n) is 12.6. The molecule has 3 nitrogen and oxygen atoms in total. The molecule has 69 heavy (non-hydrogen) atoms. The van der Waals surface area contributed by atoms with E-state index < -0.39 is 0 Å². The molecule has 4 aliphatic carbocycles. The lowest BCUT2D eigenvalue weighted by molar-refractivity contribution is 0.664. The molecule has 326 valence electrons. The van der Waals surface area contributed by atoms with Gasteiger partial charge in [-0.3, -0.25) is 0 Å². The standard InChI is InChI=1S/C66H46N2O/c1-2-13-52-50(11-1)51-12-3-4-14-53(51)59-37-44(27-35-54(52)59)41-21-29-47(30-22-41)67(48-31-23-42(24-32-48)45-28-36-58-57-17-7-10-20-64(57)69-65(58)40-45)49-33-25-43(26-34-49)46-38-60-55-15-5-8-18-62(55)68-63-19-9-6-16-56(63)61(39-46)66(60)68/h1-10,12-21,23-29,31-36,38-40,50,59H,11,22,30,37H2. The SMILES string of the molecule is C1=CCC2C(=C1)C1=CC=C(C3=CC=C(N(c4ccc(-c5ccc6c(c5)oc5ccccc56)cc4)c4ccc(-c5cc6c7ccccc7n7c8ccccc8c(c5)c67)cc4)CC3)CC1c1ccccc12. The molecular weight excluding hydrogens is 837 g/mol. The first-order valence-electron chi connectivity index (χ1n) is 24.6. The van der Waals surface area contributed by atoms with Gasteiger partial charge >= 0.3 is 0 Å². The second-order valence-electron chi connectivity index (χ2n) is 19.4. The molecule has 0 amide bonds. The van der Waals surface area contributed by atoms with Crippen molar-refractivity contribution in [3.05, 3.63) is 258 Å². The Kier molecular flexibility index (Phi) is 8.44. The maximum absolute atomic E-state index is 6.30. The Hall–Kier alpha value is -8.40. The van der Waals surface area contributed by atoms with Gasteiger partial charge in [-0.15, -0.1) is 0 Å². The van der Waals surface area contributed by atoms with Crippen LogP contribution < -0.4 is 4.90 Å². The van der Waals surface area contributed by atoms with Crippen molar-refractivity contribution in [3.63, 3.8) is 0 Å². The van der Waals surface area contributed by atoms with Gasteiger partial charge in [0.2, 0.25) is 0 Å². The van der Waals surface area contributed by atoms with E-state index in [1.807, 2.05) is 12.1 Å². The van der Waals surface area contributed by atoms with Crippen LogP contribution >= 0.6 is 0 Å². The van der Waals surface area contributed by atoms with Gasteiger partial charge in [0.05, 0.1) is 16.6 Å². The van der Waals surface area contributed by atoms with Crippen LogP contribution in [-0.4, -0.2) is 4.40 Å². The predicted octanol–water partition coefficient (Wildman–Crippen LogP) is 17.8. The zero-order chi connectivity index (χ0) is 45.2. The van der Waals surface area contributed by atoms with Crippen molar-refractivity contribution >= 4 is 71.4 Å². The number of fused-ring (bicyclic) bond motifs is 15. The second kappa shape index (κ2) is 15.1. The van der Waals surface area contributed by atoms with Crippen molar-refractivity contribution in [3.8, 4) is 22.3 Å². The lowest BCUT2D eigenvalue weighted by Crippen LogP contribution is -2.23. The van der Waals surface area contributed by atoms with Gasteiger partial charge in [0.1, 0.15) is 11.2 Å².